The number of ketones is 1. The smallest absolute Gasteiger partial charge is 0.134 e. The van der Waals surface area contributed by atoms with E-state index < -0.39 is 0 Å². The molecular weight excluding hydrogens is 326 g/mol. The summed E-state index contributed by atoms with van der Waals surface area (Å²) in [6.45, 7) is 2.26. The fourth-order valence-electron chi connectivity index (χ4n) is 6.38. The zero-order valence-corrected chi connectivity index (χ0v) is 15.9. The third-order valence-electron chi connectivity index (χ3n) is 7.67. The van der Waals surface area contributed by atoms with Crippen LogP contribution in [0.15, 0.2) is 18.2 Å². The number of carbonyl (C=O) groups excluding carboxylic acids is 1. The average Bonchev–Trinajstić information content (AvgIpc) is 3.47. The van der Waals surface area contributed by atoms with Gasteiger partial charge in [-0.3, -0.25) is 9.69 Å². The van der Waals surface area contributed by atoms with Gasteiger partial charge < -0.3 is 9.47 Å². The van der Waals surface area contributed by atoms with Crippen LogP contribution in [0.5, 0.6) is 5.75 Å². The third kappa shape index (κ3) is 2.12. The van der Waals surface area contributed by atoms with Gasteiger partial charge in [-0.2, -0.15) is 0 Å². The third-order valence-corrected chi connectivity index (χ3v) is 7.67. The summed E-state index contributed by atoms with van der Waals surface area (Å²) in [5.41, 5.74) is 2.12. The van der Waals surface area contributed by atoms with E-state index in [2.05, 4.69) is 23.1 Å². The van der Waals surface area contributed by atoms with Crippen molar-refractivity contribution in [3.63, 3.8) is 0 Å². The van der Waals surface area contributed by atoms with Gasteiger partial charge in [-0.15, -0.1) is 0 Å². The largest absolute Gasteiger partial charge is 0.496 e. The minimum Gasteiger partial charge on any atom is -0.496 e. The Hall–Kier alpha value is -1.39. The van der Waals surface area contributed by atoms with Gasteiger partial charge in [-0.05, 0) is 56.2 Å². The molecule has 1 aromatic rings. The number of fused-ring (bicyclic) bond motifs is 1. The maximum atomic E-state index is 12.6. The highest BCUT2D eigenvalue weighted by Crippen LogP contribution is 2.61. The average molecular weight is 355 g/mol. The number of likely N-dealkylation sites (tertiary alicyclic amines) is 1. The lowest BCUT2D eigenvalue weighted by molar-refractivity contribution is -0.188. The summed E-state index contributed by atoms with van der Waals surface area (Å²) in [5.74, 6) is 2.19. The summed E-state index contributed by atoms with van der Waals surface area (Å²) < 4.78 is 12.2. The summed E-state index contributed by atoms with van der Waals surface area (Å²) in [6, 6.07) is 6.77. The summed E-state index contributed by atoms with van der Waals surface area (Å²) in [4.78, 5) is 15.3. The molecule has 1 unspecified atom stereocenters. The van der Waals surface area contributed by atoms with Crippen LogP contribution in [0.25, 0.3) is 0 Å². The molecule has 0 N–H and O–H groups in total. The Morgan fingerprint density at radius 3 is 2.81 bits per heavy atom. The monoisotopic (exact) mass is 355 g/mol. The molecule has 1 aliphatic heterocycles. The second kappa shape index (κ2) is 5.80. The van der Waals surface area contributed by atoms with E-state index in [1.165, 1.54) is 30.5 Å². The van der Waals surface area contributed by atoms with Gasteiger partial charge >= 0.3 is 0 Å². The summed E-state index contributed by atoms with van der Waals surface area (Å²) in [6.07, 6.45) is 6.82. The molecule has 2 saturated carbocycles. The number of hydrogen-bond donors (Lipinski definition) is 0. The summed E-state index contributed by atoms with van der Waals surface area (Å²) in [7, 11) is 3.62. The minimum absolute atomic E-state index is 0.234. The van der Waals surface area contributed by atoms with Crippen molar-refractivity contribution in [2.75, 3.05) is 27.3 Å². The predicted octanol–water partition coefficient (Wildman–Crippen LogP) is 3.11. The number of Topliss-reactive ketones (excluding diaryl/α,β-unsaturated/α-hetero) is 1. The molecule has 3 fully saturated rings. The van der Waals surface area contributed by atoms with Crippen LogP contribution < -0.4 is 4.74 Å². The number of hydrogen-bond acceptors (Lipinski definition) is 4. The van der Waals surface area contributed by atoms with Crippen molar-refractivity contribution in [2.45, 2.75) is 62.0 Å². The Morgan fingerprint density at radius 2 is 2.08 bits per heavy atom. The molecule has 0 amide bonds. The van der Waals surface area contributed by atoms with E-state index in [4.69, 9.17) is 9.47 Å². The van der Waals surface area contributed by atoms with Gasteiger partial charge in [0, 0.05) is 43.5 Å². The SMILES string of the molecule is COc1cccc2c1[C@@]13CCN(CC4CC4)[C@H](C2)C1(OC)CCC(=O)C3. The number of benzene rings is 1. The molecule has 0 aromatic heterocycles. The first-order valence-corrected chi connectivity index (χ1v) is 10.1. The van der Waals surface area contributed by atoms with Crippen molar-refractivity contribution in [3.8, 4) is 5.75 Å². The fourth-order valence-corrected chi connectivity index (χ4v) is 6.38. The van der Waals surface area contributed by atoms with Crippen molar-refractivity contribution in [3.05, 3.63) is 29.3 Å². The van der Waals surface area contributed by atoms with E-state index in [1.54, 1.807) is 7.11 Å². The summed E-state index contributed by atoms with van der Waals surface area (Å²) in [5, 5.41) is 0. The highest BCUT2D eigenvalue weighted by molar-refractivity contribution is 5.83. The molecule has 0 spiro atoms. The van der Waals surface area contributed by atoms with Crippen LogP contribution in [0.2, 0.25) is 0 Å². The molecular formula is C22H29NO3. The Kier molecular flexibility index (Phi) is 3.74. The van der Waals surface area contributed by atoms with E-state index in [0.29, 0.717) is 24.7 Å². The molecule has 3 aliphatic carbocycles. The van der Waals surface area contributed by atoms with Crippen LogP contribution >= 0.6 is 0 Å². The normalized spacial score (nSPS) is 36.4. The molecule has 1 saturated heterocycles. The van der Waals surface area contributed by atoms with E-state index in [9.17, 15) is 4.79 Å². The second-order valence-electron chi connectivity index (χ2n) is 8.79. The maximum Gasteiger partial charge on any atom is 0.134 e. The summed E-state index contributed by atoms with van der Waals surface area (Å²) >= 11 is 0. The highest BCUT2D eigenvalue weighted by atomic mass is 16.5. The Bertz CT molecular complexity index is 743. The van der Waals surface area contributed by atoms with Crippen molar-refractivity contribution < 1.29 is 14.3 Å². The Balaban J connectivity index is 1.70. The Morgan fingerprint density at radius 1 is 1.23 bits per heavy atom. The van der Waals surface area contributed by atoms with Gasteiger partial charge in [0.25, 0.3) is 0 Å². The minimum atomic E-state index is -0.268. The molecule has 26 heavy (non-hydrogen) atoms. The van der Waals surface area contributed by atoms with Gasteiger partial charge in [0.05, 0.1) is 12.7 Å². The van der Waals surface area contributed by atoms with Crippen LogP contribution in [0, 0.1) is 5.92 Å². The van der Waals surface area contributed by atoms with Crippen LogP contribution in [-0.2, 0) is 21.4 Å². The zero-order chi connectivity index (χ0) is 17.9. The number of nitrogens with zero attached hydrogens (tertiary/aromatic N) is 1. The Labute approximate surface area is 155 Å². The predicted molar refractivity (Wildman–Crippen MR) is 99.7 cm³/mol. The van der Waals surface area contributed by atoms with Crippen LogP contribution in [0.1, 0.15) is 49.7 Å². The van der Waals surface area contributed by atoms with Gasteiger partial charge in [0.2, 0.25) is 0 Å². The maximum absolute atomic E-state index is 12.6. The number of piperidine rings is 1. The molecule has 5 rings (SSSR count). The lowest BCUT2D eigenvalue weighted by Crippen LogP contribution is -2.74. The zero-order valence-electron chi connectivity index (χ0n) is 15.9. The lowest BCUT2D eigenvalue weighted by Gasteiger charge is -2.65. The molecule has 4 aliphatic rings. The molecule has 140 valence electrons. The number of rotatable bonds is 4. The lowest BCUT2D eigenvalue weighted by atomic mass is 9.49. The first kappa shape index (κ1) is 16.8. The number of ether oxygens (including phenoxy) is 2. The molecule has 4 heteroatoms. The van der Waals surface area contributed by atoms with Crippen molar-refractivity contribution in [2.24, 2.45) is 5.92 Å². The second-order valence-corrected chi connectivity index (χ2v) is 8.79. The van der Waals surface area contributed by atoms with E-state index >= 15 is 0 Å². The fraction of sp³-hybridized carbons (Fsp3) is 0.682. The van der Waals surface area contributed by atoms with E-state index in [1.807, 2.05) is 7.11 Å². The van der Waals surface area contributed by atoms with Crippen molar-refractivity contribution >= 4 is 5.78 Å². The topological polar surface area (TPSA) is 38.8 Å². The van der Waals surface area contributed by atoms with E-state index in [-0.39, 0.29) is 11.0 Å². The highest BCUT2D eigenvalue weighted by Gasteiger charge is 2.66. The first-order chi connectivity index (χ1) is 12.6. The molecule has 1 aromatic carbocycles. The molecule has 4 nitrogen and oxygen atoms in total. The molecule has 2 bridgehead atoms. The van der Waals surface area contributed by atoms with Crippen LogP contribution in [0.4, 0.5) is 0 Å². The quantitative estimate of drug-likeness (QED) is 0.832. The van der Waals surface area contributed by atoms with Gasteiger partial charge in [-0.1, -0.05) is 12.1 Å². The van der Waals surface area contributed by atoms with Crippen LogP contribution in [0.3, 0.4) is 0 Å². The standard InChI is InChI=1S/C22H29NO3/c1-25-18-5-3-4-16-12-19-22(26-2)9-8-17(24)13-21(22,20(16)18)10-11-23(19)14-15-6-7-15/h3-5,15,19H,6-14H2,1-2H3/t19-,21+,22?/m1/s1. The van der Waals surface area contributed by atoms with Crippen molar-refractivity contribution in [1.82, 2.24) is 4.90 Å². The molecule has 3 atom stereocenters. The van der Waals surface area contributed by atoms with Gasteiger partial charge in [-0.25, -0.2) is 0 Å². The van der Waals surface area contributed by atoms with Gasteiger partial charge in [0.15, 0.2) is 0 Å². The molecule has 0 radical (unpaired) electrons. The first-order valence-electron chi connectivity index (χ1n) is 10.1. The molecule has 1 heterocycles. The van der Waals surface area contributed by atoms with E-state index in [0.717, 1.165) is 37.5 Å². The number of carbonyl (C=O) groups is 1. The van der Waals surface area contributed by atoms with Gasteiger partial charge in [0.1, 0.15) is 11.5 Å². The van der Waals surface area contributed by atoms with Crippen molar-refractivity contribution in [1.29, 1.82) is 0 Å². The van der Waals surface area contributed by atoms with Crippen LogP contribution in [-0.4, -0.2) is 49.6 Å². The number of methoxy groups -OCH3 is 2.